The molecule has 0 aliphatic heterocycles. The van der Waals surface area contributed by atoms with Crippen molar-refractivity contribution >= 4 is 17.0 Å². The van der Waals surface area contributed by atoms with Crippen LogP contribution in [0.15, 0.2) is 53.9 Å². The highest BCUT2D eigenvalue weighted by atomic mass is 32.1. The molecule has 0 radical (unpaired) electrons. The van der Waals surface area contributed by atoms with Crippen LogP contribution in [0.5, 0.6) is 0 Å². The third-order valence-corrected chi connectivity index (χ3v) is 4.19. The second kappa shape index (κ2) is 5.06. The molecule has 4 rings (SSSR count). The number of hydrogen-bond acceptors (Lipinski definition) is 5. The summed E-state index contributed by atoms with van der Waals surface area (Å²) in [5, 5.41) is 24.0. The average molecular weight is 303 g/mol. The van der Waals surface area contributed by atoms with Gasteiger partial charge in [-0.15, -0.1) is 21.5 Å². The smallest absolute Gasteiger partial charge is 0.190 e. The molecule has 0 aliphatic carbocycles. The fraction of sp³-hybridized carbons (Fsp3) is 0. The number of fused-ring (bicyclic) bond motifs is 1. The number of thiophene rings is 1. The van der Waals surface area contributed by atoms with Crippen LogP contribution >= 0.6 is 11.3 Å². The van der Waals surface area contributed by atoms with Gasteiger partial charge in [0, 0.05) is 11.6 Å². The predicted molar refractivity (Wildman–Crippen MR) is 84.2 cm³/mol. The Kier molecular flexibility index (Phi) is 2.92. The van der Waals surface area contributed by atoms with E-state index in [1.807, 2.05) is 53.9 Å². The zero-order chi connectivity index (χ0) is 14.9. The van der Waals surface area contributed by atoms with Crippen LogP contribution in [-0.4, -0.2) is 19.8 Å². The SMILES string of the molecule is N#Cc1nnc2cc(-c3ccccc3)nn2c1-c1cccs1. The van der Waals surface area contributed by atoms with Crippen LogP contribution in [0.1, 0.15) is 5.69 Å². The van der Waals surface area contributed by atoms with E-state index in [4.69, 9.17) is 0 Å². The van der Waals surface area contributed by atoms with Gasteiger partial charge in [-0.05, 0) is 11.4 Å². The van der Waals surface area contributed by atoms with E-state index in [1.54, 1.807) is 15.9 Å². The Morgan fingerprint density at radius 3 is 2.64 bits per heavy atom. The van der Waals surface area contributed by atoms with Gasteiger partial charge in [0.1, 0.15) is 11.8 Å². The van der Waals surface area contributed by atoms with Gasteiger partial charge in [0.2, 0.25) is 0 Å². The molecule has 22 heavy (non-hydrogen) atoms. The van der Waals surface area contributed by atoms with Gasteiger partial charge in [0.25, 0.3) is 0 Å². The average Bonchev–Trinajstić information content (AvgIpc) is 3.24. The van der Waals surface area contributed by atoms with Gasteiger partial charge in [-0.2, -0.15) is 10.4 Å². The molecular formula is C16H9N5S. The topological polar surface area (TPSA) is 66.9 Å². The number of nitriles is 1. The normalized spacial score (nSPS) is 10.7. The van der Waals surface area contributed by atoms with Crippen molar-refractivity contribution in [2.45, 2.75) is 0 Å². The van der Waals surface area contributed by atoms with Crippen molar-refractivity contribution in [3.63, 3.8) is 0 Å². The molecule has 0 saturated heterocycles. The minimum absolute atomic E-state index is 0.276. The van der Waals surface area contributed by atoms with E-state index >= 15 is 0 Å². The molecule has 104 valence electrons. The molecule has 0 amide bonds. The Morgan fingerprint density at radius 1 is 1.05 bits per heavy atom. The number of nitrogens with zero attached hydrogens (tertiary/aromatic N) is 5. The van der Waals surface area contributed by atoms with Gasteiger partial charge in [-0.25, -0.2) is 4.52 Å². The Morgan fingerprint density at radius 2 is 1.91 bits per heavy atom. The van der Waals surface area contributed by atoms with Crippen LogP contribution in [0.4, 0.5) is 0 Å². The molecule has 4 aromatic rings. The summed E-state index contributed by atoms with van der Waals surface area (Å²) in [5.41, 5.74) is 3.40. The summed E-state index contributed by atoms with van der Waals surface area (Å²) in [5.74, 6) is 0. The lowest BCUT2D eigenvalue weighted by Gasteiger charge is -2.02. The minimum Gasteiger partial charge on any atom is -0.208 e. The number of benzene rings is 1. The second-order valence-electron chi connectivity index (χ2n) is 4.65. The summed E-state index contributed by atoms with van der Waals surface area (Å²) < 4.78 is 1.69. The number of aromatic nitrogens is 4. The van der Waals surface area contributed by atoms with Gasteiger partial charge < -0.3 is 0 Å². The molecular weight excluding hydrogens is 294 g/mol. The molecule has 3 heterocycles. The molecule has 0 aliphatic rings. The van der Waals surface area contributed by atoms with Crippen LogP contribution in [-0.2, 0) is 0 Å². The standard InChI is InChI=1S/C16H9N5S/c17-10-13-16(14-7-4-8-22-14)21-15(19-18-13)9-12(20-21)11-5-2-1-3-6-11/h1-9H. The maximum atomic E-state index is 9.31. The lowest BCUT2D eigenvalue weighted by atomic mass is 10.2. The van der Waals surface area contributed by atoms with E-state index in [-0.39, 0.29) is 5.69 Å². The fourth-order valence-electron chi connectivity index (χ4n) is 2.32. The zero-order valence-electron chi connectivity index (χ0n) is 11.3. The number of rotatable bonds is 2. The van der Waals surface area contributed by atoms with Gasteiger partial charge in [-0.3, -0.25) is 0 Å². The molecule has 5 nitrogen and oxygen atoms in total. The van der Waals surface area contributed by atoms with E-state index in [2.05, 4.69) is 21.4 Å². The zero-order valence-corrected chi connectivity index (χ0v) is 12.2. The molecule has 0 bridgehead atoms. The molecule has 0 unspecified atom stereocenters. The van der Waals surface area contributed by atoms with Crippen molar-refractivity contribution in [2.24, 2.45) is 0 Å². The predicted octanol–water partition coefficient (Wildman–Crippen LogP) is 3.39. The summed E-state index contributed by atoms with van der Waals surface area (Å²) in [4.78, 5) is 0.944. The summed E-state index contributed by atoms with van der Waals surface area (Å²) in [7, 11) is 0. The van der Waals surface area contributed by atoms with Crippen molar-refractivity contribution in [3.8, 4) is 27.9 Å². The first-order valence-corrected chi connectivity index (χ1v) is 7.50. The maximum Gasteiger partial charge on any atom is 0.190 e. The van der Waals surface area contributed by atoms with Crippen LogP contribution in [0.2, 0.25) is 0 Å². The van der Waals surface area contributed by atoms with Crippen LogP contribution in [0.3, 0.4) is 0 Å². The highest BCUT2D eigenvalue weighted by Crippen LogP contribution is 2.28. The van der Waals surface area contributed by atoms with E-state index < -0.39 is 0 Å². The number of hydrogen-bond donors (Lipinski definition) is 0. The Balaban J connectivity index is 2.01. The molecule has 3 aromatic heterocycles. The maximum absolute atomic E-state index is 9.31. The van der Waals surface area contributed by atoms with Crippen molar-refractivity contribution in [1.82, 2.24) is 19.8 Å². The van der Waals surface area contributed by atoms with Crippen LogP contribution in [0.25, 0.3) is 27.5 Å². The van der Waals surface area contributed by atoms with Crippen molar-refractivity contribution < 1.29 is 0 Å². The molecule has 0 fully saturated rings. The van der Waals surface area contributed by atoms with Gasteiger partial charge in [0.15, 0.2) is 11.3 Å². The highest BCUT2D eigenvalue weighted by Gasteiger charge is 2.16. The first kappa shape index (κ1) is 12.7. The van der Waals surface area contributed by atoms with Gasteiger partial charge >= 0.3 is 0 Å². The van der Waals surface area contributed by atoms with Crippen molar-refractivity contribution in [3.05, 3.63) is 59.6 Å². The third-order valence-electron chi connectivity index (χ3n) is 3.31. The first-order valence-electron chi connectivity index (χ1n) is 6.62. The lowest BCUT2D eigenvalue weighted by molar-refractivity contribution is 0.892. The third kappa shape index (κ3) is 1.96. The molecule has 0 atom stereocenters. The van der Waals surface area contributed by atoms with E-state index in [9.17, 15) is 5.26 Å². The second-order valence-corrected chi connectivity index (χ2v) is 5.60. The van der Waals surface area contributed by atoms with Gasteiger partial charge in [-0.1, -0.05) is 36.4 Å². The summed E-state index contributed by atoms with van der Waals surface area (Å²) in [6.07, 6.45) is 0. The molecule has 0 spiro atoms. The summed E-state index contributed by atoms with van der Waals surface area (Å²) >= 11 is 1.55. The largest absolute Gasteiger partial charge is 0.208 e. The van der Waals surface area contributed by atoms with E-state index in [0.29, 0.717) is 11.3 Å². The summed E-state index contributed by atoms with van der Waals surface area (Å²) in [6, 6.07) is 17.7. The van der Waals surface area contributed by atoms with Crippen molar-refractivity contribution in [2.75, 3.05) is 0 Å². The first-order chi connectivity index (χ1) is 10.9. The van der Waals surface area contributed by atoms with Crippen LogP contribution in [0, 0.1) is 11.3 Å². The quantitative estimate of drug-likeness (QED) is 0.569. The lowest BCUT2D eigenvalue weighted by Crippen LogP contribution is -2.02. The fourth-order valence-corrected chi connectivity index (χ4v) is 3.07. The van der Waals surface area contributed by atoms with Gasteiger partial charge in [0.05, 0.1) is 10.6 Å². The molecule has 0 N–H and O–H groups in total. The molecule has 0 saturated carbocycles. The Labute approximate surface area is 130 Å². The molecule has 6 heteroatoms. The Hall–Kier alpha value is -3.04. The van der Waals surface area contributed by atoms with E-state index in [0.717, 1.165) is 16.1 Å². The van der Waals surface area contributed by atoms with Crippen molar-refractivity contribution in [1.29, 1.82) is 5.26 Å². The minimum atomic E-state index is 0.276. The van der Waals surface area contributed by atoms with E-state index in [1.165, 1.54) is 0 Å². The monoisotopic (exact) mass is 303 g/mol. The van der Waals surface area contributed by atoms with Crippen LogP contribution < -0.4 is 0 Å². The molecule has 1 aromatic carbocycles. The highest BCUT2D eigenvalue weighted by molar-refractivity contribution is 7.13. The Bertz CT molecular complexity index is 981. The summed E-state index contributed by atoms with van der Waals surface area (Å²) in [6.45, 7) is 0.